The number of fused-ring (bicyclic) bond motifs is 7. The number of carbonyl (C=O) groups is 2. The van der Waals surface area contributed by atoms with Crippen LogP contribution in [0.5, 0.6) is 0 Å². The van der Waals surface area contributed by atoms with E-state index in [2.05, 4.69) is 27.7 Å². The molecule has 2 aliphatic heterocycles. The van der Waals surface area contributed by atoms with Crippen molar-refractivity contribution in [1.29, 1.82) is 0 Å². The van der Waals surface area contributed by atoms with Crippen molar-refractivity contribution in [3.8, 4) is 0 Å². The predicted molar refractivity (Wildman–Crippen MR) is 122 cm³/mol. The Morgan fingerprint density at radius 3 is 2.30 bits per heavy atom. The van der Waals surface area contributed by atoms with Crippen molar-refractivity contribution in [3.63, 3.8) is 0 Å². The average Bonchev–Trinajstić information content (AvgIpc) is 3.40. The molecule has 0 unspecified atom stereocenters. The van der Waals surface area contributed by atoms with Gasteiger partial charge in [-0.05, 0) is 76.0 Å². The van der Waals surface area contributed by atoms with Gasteiger partial charge in [0.05, 0.1) is 36.8 Å². The van der Waals surface area contributed by atoms with Gasteiger partial charge in [-0.25, -0.2) is 0 Å². The maximum Gasteiger partial charge on any atom is 0.233 e. The van der Waals surface area contributed by atoms with E-state index in [-0.39, 0.29) is 52.6 Å². The highest BCUT2D eigenvalue weighted by molar-refractivity contribution is 6.05. The van der Waals surface area contributed by atoms with Crippen LogP contribution in [0.1, 0.15) is 72.6 Å². The maximum atomic E-state index is 13.6. The Labute approximate surface area is 197 Å². The zero-order valence-corrected chi connectivity index (χ0v) is 20.8. The van der Waals surface area contributed by atoms with Gasteiger partial charge >= 0.3 is 0 Å². The molecule has 2 heterocycles. The first-order valence-electron chi connectivity index (χ1n) is 13.0. The summed E-state index contributed by atoms with van der Waals surface area (Å²) in [6, 6.07) is 0. The molecule has 1 spiro atoms. The molecule has 5 fully saturated rings. The summed E-state index contributed by atoms with van der Waals surface area (Å²) in [5, 5.41) is 0. The molecule has 0 radical (unpaired) electrons. The fourth-order valence-electron chi connectivity index (χ4n) is 8.68. The molecule has 2 amide bonds. The number of rotatable bonds is 1. The summed E-state index contributed by atoms with van der Waals surface area (Å²) in [6.45, 7) is 10.1. The van der Waals surface area contributed by atoms with Gasteiger partial charge < -0.3 is 14.2 Å². The van der Waals surface area contributed by atoms with Crippen molar-refractivity contribution in [2.24, 2.45) is 35.0 Å². The predicted octanol–water partition coefficient (Wildman–Crippen LogP) is 4.08. The van der Waals surface area contributed by atoms with Crippen LogP contribution in [0.3, 0.4) is 0 Å². The Kier molecular flexibility index (Phi) is 4.81. The second kappa shape index (κ2) is 7.14. The van der Waals surface area contributed by atoms with Gasteiger partial charge in [-0.15, -0.1) is 0 Å². The maximum absolute atomic E-state index is 13.6. The van der Waals surface area contributed by atoms with Crippen molar-refractivity contribution in [3.05, 3.63) is 11.1 Å². The third-order valence-electron chi connectivity index (χ3n) is 10.0. The number of likely N-dealkylation sites (tertiary alicyclic amines) is 1. The number of hydrogen-bond donors (Lipinski definition) is 0. The number of hydrogen-bond acceptors (Lipinski definition) is 5. The normalized spacial score (nSPS) is 44.2. The van der Waals surface area contributed by atoms with Crippen LogP contribution in [0, 0.1) is 35.0 Å². The molecule has 4 aliphatic carbocycles. The van der Waals surface area contributed by atoms with E-state index in [1.165, 1.54) is 16.0 Å². The molecule has 6 rings (SSSR count). The Morgan fingerprint density at radius 1 is 0.939 bits per heavy atom. The number of carbonyl (C=O) groups excluding carboxylic acids is 2. The lowest BCUT2D eigenvalue weighted by Gasteiger charge is -2.54. The minimum absolute atomic E-state index is 0.00867. The molecule has 0 N–H and O–H groups in total. The second-order valence-electron chi connectivity index (χ2n) is 12.7. The summed E-state index contributed by atoms with van der Waals surface area (Å²) in [5.74, 6) is -0.372. The van der Waals surface area contributed by atoms with E-state index in [4.69, 9.17) is 14.2 Å². The summed E-state index contributed by atoms with van der Waals surface area (Å²) in [7, 11) is 1.69. The Balaban J connectivity index is 1.42. The highest BCUT2D eigenvalue weighted by atomic mass is 16.7. The summed E-state index contributed by atoms with van der Waals surface area (Å²) in [5.41, 5.74) is 2.84. The van der Waals surface area contributed by atoms with Crippen LogP contribution in [0.2, 0.25) is 0 Å². The molecule has 33 heavy (non-hydrogen) atoms. The van der Waals surface area contributed by atoms with Crippen LogP contribution < -0.4 is 0 Å². The molecule has 0 aromatic heterocycles. The molecule has 6 nitrogen and oxygen atoms in total. The van der Waals surface area contributed by atoms with Crippen LogP contribution in [0.15, 0.2) is 11.1 Å². The molecule has 6 heteroatoms. The van der Waals surface area contributed by atoms with Crippen LogP contribution in [-0.2, 0) is 23.8 Å². The number of imide groups is 1. The lowest BCUT2D eigenvalue weighted by molar-refractivity contribution is -0.187. The lowest BCUT2D eigenvalue weighted by Crippen LogP contribution is -2.52. The van der Waals surface area contributed by atoms with E-state index < -0.39 is 5.79 Å². The molecular weight excluding hydrogens is 418 g/mol. The van der Waals surface area contributed by atoms with Crippen LogP contribution >= 0.6 is 0 Å². The summed E-state index contributed by atoms with van der Waals surface area (Å²) in [4.78, 5) is 28.5. The van der Waals surface area contributed by atoms with Gasteiger partial charge in [0.15, 0.2) is 5.79 Å². The minimum Gasteiger partial charge on any atom is -0.372 e. The van der Waals surface area contributed by atoms with Gasteiger partial charge in [-0.2, -0.15) is 0 Å². The SMILES string of the molecule is CN1C(=O)[C@@H]2[C@H](C1=O)[C@@H]1CC3(CCC1=C1CC[C@]4(C)[C@@H](OC(C)(C)C)CC[C@H]4[C@@H]12)OCCO3. The molecule has 7 atom stereocenters. The number of nitrogens with zero attached hydrogens (tertiary/aromatic N) is 1. The van der Waals surface area contributed by atoms with E-state index in [9.17, 15) is 9.59 Å². The zero-order chi connectivity index (χ0) is 23.3. The van der Waals surface area contributed by atoms with Gasteiger partial charge in [-0.1, -0.05) is 18.1 Å². The standard InChI is InChI=1S/C27H39NO5/c1-25(2,3)33-19-7-6-18-20-16(8-10-26(18,19)4)15-9-11-27(31-12-13-32-27)14-17(15)21-22(20)24(30)28(5)23(21)29/h17-22H,6-14H2,1-5H3/t17-,18+,19+,20-,21-,22+,26+/m1/s1. The van der Waals surface area contributed by atoms with Gasteiger partial charge in [0.2, 0.25) is 11.8 Å². The number of allylic oxidation sites excluding steroid dienone is 2. The lowest BCUT2D eigenvalue weighted by atomic mass is 9.50. The molecule has 2 saturated heterocycles. The average molecular weight is 458 g/mol. The first-order chi connectivity index (χ1) is 15.5. The number of amides is 2. The molecule has 0 bridgehead atoms. The third kappa shape index (κ3) is 3.09. The van der Waals surface area contributed by atoms with Gasteiger partial charge in [-0.3, -0.25) is 14.5 Å². The van der Waals surface area contributed by atoms with Gasteiger partial charge in [0, 0.05) is 19.9 Å². The van der Waals surface area contributed by atoms with E-state index in [1.807, 2.05) is 0 Å². The van der Waals surface area contributed by atoms with Crippen molar-refractivity contribution in [1.82, 2.24) is 4.90 Å². The van der Waals surface area contributed by atoms with E-state index in [0.717, 1.165) is 38.5 Å². The largest absolute Gasteiger partial charge is 0.372 e. The monoisotopic (exact) mass is 457 g/mol. The van der Waals surface area contributed by atoms with Crippen LogP contribution in [0.25, 0.3) is 0 Å². The van der Waals surface area contributed by atoms with Crippen LogP contribution in [0.4, 0.5) is 0 Å². The molecule has 6 aliphatic rings. The Bertz CT molecular complexity index is 912. The first kappa shape index (κ1) is 22.2. The highest BCUT2D eigenvalue weighted by Crippen LogP contribution is 2.65. The molecule has 0 aromatic carbocycles. The van der Waals surface area contributed by atoms with Crippen molar-refractivity contribution in [2.75, 3.05) is 20.3 Å². The van der Waals surface area contributed by atoms with Crippen molar-refractivity contribution >= 4 is 11.8 Å². The number of ether oxygens (including phenoxy) is 3. The summed E-state index contributed by atoms with van der Waals surface area (Å²) in [6.07, 6.45) is 6.97. The summed E-state index contributed by atoms with van der Waals surface area (Å²) >= 11 is 0. The second-order valence-corrected chi connectivity index (χ2v) is 12.7. The van der Waals surface area contributed by atoms with E-state index in [1.54, 1.807) is 7.05 Å². The Hall–Kier alpha value is -1.24. The first-order valence-corrected chi connectivity index (χ1v) is 13.0. The van der Waals surface area contributed by atoms with Gasteiger partial charge in [0.25, 0.3) is 0 Å². The van der Waals surface area contributed by atoms with Crippen LogP contribution in [-0.4, -0.2) is 54.5 Å². The highest BCUT2D eigenvalue weighted by Gasteiger charge is 2.65. The summed E-state index contributed by atoms with van der Waals surface area (Å²) < 4.78 is 18.7. The topological polar surface area (TPSA) is 65.1 Å². The molecule has 182 valence electrons. The quantitative estimate of drug-likeness (QED) is 0.439. The van der Waals surface area contributed by atoms with Crippen molar-refractivity contribution in [2.45, 2.75) is 90.1 Å². The minimum atomic E-state index is -0.557. The zero-order valence-electron chi connectivity index (χ0n) is 20.8. The molecular formula is C27H39NO5. The fourth-order valence-corrected chi connectivity index (χ4v) is 8.68. The molecule has 3 saturated carbocycles. The fraction of sp³-hybridized carbons (Fsp3) is 0.852. The van der Waals surface area contributed by atoms with E-state index in [0.29, 0.717) is 25.6 Å². The van der Waals surface area contributed by atoms with E-state index >= 15 is 0 Å². The third-order valence-corrected chi connectivity index (χ3v) is 10.0. The van der Waals surface area contributed by atoms with Gasteiger partial charge in [0.1, 0.15) is 0 Å². The molecule has 0 aromatic rings. The Morgan fingerprint density at radius 2 is 1.61 bits per heavy atom. The smallest absolute Gasteiger partial charge is 0.233 e. The van der Waals surface area contributed by atoms with Crippen molar-refractivity contribution < 1.29 is 23.8 Å².